The Morgan fingerprint density at radius 3 is 2.79 bits per heavy atom. The fraction of sp³-hybridized carbons (Fsp3) is 0.692. The summed E-state index contributed by atoms with van der Waals surface area (Å²) in [5.74, 6) is 0.865. The van der Waals surface area contributed by atoms with E-state index in [0.717, 1.165) is 44.7 Å². The minimum absolute atomic E-state index is 0.265. The molecule has 0 amide bonds. The highest BCUT2D eigenvalue weighted by Gasteiger charge is 2.23. The number of aromatic nitrogens is 2. The number of piperidine rings is 1. The lowest BCUT2D eigenvalue weighted by atomic mass is 10.0. The normalized spacial score (nSPS) is 17.2. The van der Waals surface area contributed by atoms with Crippen LogP contribution in [-0.2, 0) is 0 Å². The zero-order valence-corrected chi connectivity index (χ0v) is 12.1. The Hall–Kier alpha value is -0.910. The Morgan fingerprint density at radius 2 is 2.16 bits per heavy atom. The van der Waals surface area contributed by atoms with Gasteiger partial charge in [0, 0.05) is 32.3 Å². The smallest absolute Gasteiger partial charge is 0.149 e. The van der Waals surface area contributed by atoms with E-state index in [1.54, 1.807) is 12.4 Å². The predicted octanol–water partition coefficient (Wildman–Crippen LogP) is 1.41. The van der Waals surface area contributed by atoms with Gasteiger partial charge in [-0.2, -0.15) is 0 Å². The van der Waals surface area contributed by atoms with Gasteiger partial charge in [0.15, 0.2) is 0 Å². The number of aliphatic hydroxyl groups excluding tert-OH is 1. The Balaban J connectivity index is 1.85. The molecule has 6 heteroatoms. The molecule has 0 bridgehead atoms. The summed E-state index contributed by atoms with van der Waals surface area (Å²) in [4.78, 5) is 13.0. The van der Waals surface area contributed by atoms with Crippen molar-refractivity contribution in [1.29, 1.82) is 0 Å². The summed E-state index contributed by atoms with van der Waals surface area (Å²) in [7, 11) is 2.13. The predicted molar refractivity (Wildman–Crippen MR) is 76.6 cm³/mol. The Kier molecular flexibility index (Phi) is 5.36. The van der Waals surface area contributed by atoms with Gasteiger partial charge in [-0.1, -0.05) is 11.6 Å². The van der Waals surface area contributed by atoms with E-state index in [2.05, 4.69) is 26.8 Å². The van der Waals surface area contributed by atoms with E-state index in [4.69, 9.17) is 16.7 Å². The quantitative estimate of drug-likeness (QED) is 0.886. The van der Waals surface area contributed by atoms with Gasteiger partial charge in [-0.15, -0.1) is 0 Å². The molecule has 1 aliphatic heterocycles. The Labute approximate surface area is 119 Å². The first-order chi connectivity index (χ1) is 9.20. The largest absolute Gasteiger partial charge is 0.396 e. The van der Waals surface area contributed by atoms with Gasteiger partial charge in [0.1, 0.15) is 11.0 Å². The van der Waals surface area contributed by atoms with Crippen molar-refractivity contribution in [2.24, 2.45) is 0 Å². The summed E-state index contributed by atoms with van der Waals surface area (Å²) in [6.07, 6.45) is 6.38. The van der Waals surface area contributed by atoms with Gasteiger partial charge in [-0.05, 0) is 26.3 Å². The maximum absolute atomic E-state index is 8.87. The van der Waals surface area contributed by atoms with Crippen LogP contribution in [0.2, 0.25) is 5.15 Å². The first-order valence-electron chi connectivity index (χ1n) is 6.74. The molecular formula is C13H21ClN4O. The summed E-state index contributed by atoms with van der Waals surface area (Å²) in [5.41, 5.74) is 0. The number of hydrogen-bond acceptors (Lipinski definition) is 5. The Bertz CT molecular complexity index is 396. The zero-order valence-electron chi connectivity index (χ0n) is 11.3. The highest BCUT2D eigenvalue weighted by molar-refractivity contribution is 6.29. The molecule has 0 aromatic carbocycles. The van der Waals surface area contributed by atoms with E-state index >= 15 is 0 Å². The molecule has 1 aromatic heterocycles. The summed E-state index contributed by atoms with van der Waals surface area (Å²) in [5, 5.41) is 9.31. The SMILES string of the molecule is CN(CCCO)C1CCN(c2cncc(Cl)n2)CC1. The molecule has 106 valence electrons. The molecule has 1 saturated heterocycles. The van der Waals surface area contributed by atoms with Crippen LogP contribution in [0.15, 0.2) is 12.4 Å². The molecule has 5 nitrogen and oxygen atoms in total. The summed E-state index contributed by atoms with van der Waals surface area (Å²) in [6.45, 7) is 3.17. The summed E-state index contributed by atoms with van der Waals surface area (Å²) >= 11 is 5.87. The van der Waals surface area contributed by atoms with E-state index < -0.39 is 0 Å². The van der Waals surface area contributed by atoms with Crippen molar-refractivity contribution in [3.8, 4) is 0 Å². The van der Waals surface area contributed by atoms with Gasteiger partial charge >= 0.3 is 0 Å². The minimum atomic E-state index is 0.265. The van der Waals surface area contributed by atoms with Gasteiger partial charge in [-0.25, -0.2) is 4.98 Å². The number of rotatable bonds is 5. The second-order valence-electron chi connectivity index (χ2n) is 4.98. The number of aliphatic hydroxyl groups is 1. The summed E-state index contributed by atoms with van der Waals surface area (Å²) < 4.78 is 0. The highest BCUT2D eigenvalue weighted by Crippen LogP contribution is 2.21. The lowest BCUT2D eigenvalue weighted by Crippen LogP contribution is -2.44. The van der Waals surface area contributed by atoms with Crippen molar-refractivity contribution in [3.63, 3.8) is 0 Å². The lowest BCUT2D eigenvalue weighted by Gasteiger charge is -2.37. The van der Waals surface area contributed by atoms with Crippen LogP contribution in [0.3, 0.4) is 0 Å². The van der Waals surface area contributed by atoms with Crippen LogP contribution in [-0.4, -0.2) is 59.3 Å². The van der Waals surface area contributed by atoms with E-state index in [0.29, 0.717) is 11.2 Å². The number of anilines is 1. The third-order valence-corrected chi connectivity index (χ3v) is 3.86. The molecule has 1 fully saturated rings. The van der Waals surface area contributed by atoms with Crippen molar-refractivity contribution >= 4 is 17.4 Å². The molecule has 2 heterocycles. The molecule has 1 aliphatic rings. The van der Waals surface area contributed by atoms with Crippen molar-refractivity contribution in [3.05, 3.63) is 17.5 Å². The molecule has 0 spiro atoms. The maximum atomic E-state index is 8.87. The first-order valence-corrected chi connectivity index (χ1v) is 7.12. The monoisotopic (exact) mass is 284 g/mol. The van der Waals surface area contributed by atoms with E-state index in [1.807, 2.05) is 0 Å². The van der Waals surface area contributed by atoms with Crippen LogP contribution < -0.4 is 4.90 Å². The third kappa shape index (κ3) is 4.03. The molecule has 2 rings (SSSR count). The fourth-order valence-electron chi connectivity index (χ4n) is 2.52. The first kappa shape index (κ1) is 14.5. The number of nitrogens with zero attached hydrogens (tertiary/aromatic N) is 4. The van der Waals surface area contributed by atoms with Gasteiger partial charge in [0.05, 0.1) is 12.4 Å². The fourth-order valence-corrected chi connectivity index (χ4v) is 2.67. The molecule has 1 aromatic rings. The second-order valence-corrected chi connectivity index (χ2v) is 5.36. The molecule has 19 heavy (non-hydrogen) atoms. The van der Waals surface area contributed by atoms with Crippen molar-refractivity contribution < 1.29 is 5.11 Å². The molecule has 0 radical (unpaired) electrons. The van der Waals surface area contributed by atoms with Crippen LogP contribution in [0, 0.1) is 0 Å². The molecule has 0 unspecified atom stereocenters. The standard InChI is InChI=1S/C13H21ClN4O/c1-17(5-2-8-19)11-3-6-18(7-4-11)13-10-15-9-12(14)16-13/h9-11,19H,2-8H2,1H3. The van der Waals surface area contributed by atoms with Crippen LogP contribution in [0.1, 0.15) is 19.3 Å². The lowest BCUT2D eigenvalue weighted by molar-refractivity contribution is 0.184. The highest BCUT2D eigenvalue weighted by atomic mass is 35.5. The van der Waals surface area contributed by atoms with Gasteiger partial charge in [0.2, 0.25) is 0 Å². The van der Waals surface area contributed by atoms with Crippen molar-refractivity contribution in [2.75, 3.05) is 38.2 Å². The van der Waals surface area contributed by atoms with Gasteiger partial charge < -0.3 is 14.9 Å². The molecular weight excluding hydrogens is 264 g/mol. The number of hydrogen-bond donors (Lipinski definition) is 1. The van der Waals surface area contributed by atoms with E-state index in [1.165, 1.54) is 0 Å². The van der Waals surface area contributed by atoms with Gasteiger partial charge in [0.25, 0.3) is 0 Å². The molecule has 1 N–H and O–H groups in total. The van der Waals surface area contributed by atoms with Crippen LogP contribution >= 0.6 is 11.6 Å². The molecule has 0 aliphatic carbocycles. The molecule has 0 saturated carbocycles. The average molecular weight is 285 g/mol. The topological polar surface area (TPSA) is 52.5 Å². The Morgan fingerprint density at radius 1 is 1.42 bits per heavy atom. The third-order valence-electron chi connectivity index (χ3n) is 3.67. The maximum Gasteiger partial charge on any atom is 0.149 e. The van der Waals surface area contributed by atoms with Gasteiger partial charge in [-0.3, -0.25) is 4.98 Å². The average Bonchev–Trinajstić information content (AvgIpc) is 2.45. The second kappa shape index (κ2) is 7.03. The summed E-state index contributed by atoms with van der Waals surface area (Å²) in [6, 6.07) is 0.593. The van der Waals surface area contributed by atoms with E-state index in [-0.39, 0.29) is 6.61 Å². The van der Waals surface area contributed by atoms with Crippen LogP contribution in [0.4, 0.5) is 5.82 Å². The zero-order chi connectivity index (χ0) is 13.7. The minimum Gasteiger partial charge on any atom is -0.396 e. The number of halogens is 1. The van der Waals surface area contributed by atoms with Crippen molar-refractivity contribution in [2.45, 2.75) is 25.3 Å². The van der Waals surface area contributed by atoms with Crippen molar-refractivity contribution in [1.82, 2.24) is 14.9 Å². The van der Waals surface area contributed by atoms with Crippen LogP contribution in [0.5, 0.6) is 0 Å². The molecule has 0 atom stereocenters. The van der Waals surface area contributed by atoms with E-state index in [9.17, 15) is 0 Å². The van der Waals surface area contributed by atoms with Crippen LogP contribution in [0.25, 0.3) is 0 Å².